The van der Waals surface area contributed by atoms with Gasteiger partial charge < -0.3 is 15.1 Å². The van der Waals surface area contributed by atoms with E-state index >= 15 is 0 Å². The van der Waals surface area contributed by atoms with Crippen LogP contribution in [0, 0.1) is 12.8 Å². The monoisotopic (exact) mass is 415 g/mol. The number of hydrogen-bond acceptors (Lipinski definition) is 6. The lowest BCUT2D eigenvalue weighted by Crippen LogP contribution is -2.37. The normalized spacial score (nSPS) is 18.1. The van der Waals surface area contributed by atoms with Crippen molar-refractivity contribution in [2.75, 3.05) is 38.0 Å². The predicted octanol–water partition coefficient (Wildman–Crippen LogP) is 3.30. The zero-order valence-corrected chi connectivity index (χ0v) is 18.1. The second-order valence-corrected chi connectivity index (χ2v) is 9.20. The number of likely N-dealkylation sites (tertiary alicyclic amines) is 2. The van der Waals surface area contributed by atoms with E-state index in [1.165, 1.54) is 11.3 Å². The summed E-state index contributed by atoms with van der Waals surface area (Å²) < 4.78 is 0. The van der Waals surface area contributed by atoms with Gasteiger partial charge in [-0.2, -0.15) is 0 Å². The average Bonchev–Trinajstić information content (AvgIpc) is 3.29. The van der Waals surface area contributed by atoms with Crippen LogP contribution >= 0.6 is 11.3 Å². The molecule has 0 unspecified atom stereocenters. The Balaban J connectivity index is 1.45. The number of hydrogen-bond donors (Lipinski definition) is 1. The molecule has 0 saturated carbocycles. The Hall–Kier alpha value is -2.22. The van der Waals surface area contributed by atoms with Crippen molar-refractivity contribution < 1.29 is 9.59 Å². The number of anilines is 1. The third-order valence-corrected chi connectivity index (χ3v) is 7.25. The van der Waals surface area contributed by atoms with Gasteiger partial charge in [-0.3, -0.25) is 9.59 Å². The highest BCUT2D eigenvalue weighted by atomic mass is 32.1. The van der Waals surface area contributed by atoms with Crippen LogP contribution in [0.3, 0.4) is 0 Å². The Labute approximate surface area is 175 Å². The highest BCUT2D eigenvalue weighted by Crippen LogP contribution is 2.34. The molecule has 29 heavy (non-hydrogen) atoms. The van der Waals surface area contributed by atoms with Crippen molar-refractivity contribution in [1.82, 2.24) is 19.8 Å². The van der Waals surface area contributed by atoms with Crippen molar-refractivity contribution in [1.29, 1.82) is 0 Å². The summed E-state index contributed by atoms with van der Waals surface area (Å²) in [6.45, 7) is 8.30. The molecular formula is C21H29N5O2S. The lowest BCUT2D eigenvalue weighted by atomic mass is 9.99. The van der Waals surface area contributed by atoms with Crippen LogP contribution in [-0.2, 0) is 4.79 Å². The summed E-state index contributed by atoms with van der Waals surface area (Å²) in [5, 5.41) is 4.35. The zero-order valence-electron chi connectivity index (χ0n) is 17.2. The summed E-state index contributed by atoms with van der Waals surface area (Å²) in [7, 11) is 0. The third kappa shape index (κ3) is 4.22. The number of piperidine rings is 1. The number of carbonyl (C=O) groups excluding carboxylic acids is 2. The molecule has 1 N–H and O–H groups in total. The standard InChI is InChI=1S/C21H29N5O2S/c1-14-6-11-26(12-7-14)21(28)18-15(2)17-19(23-13-24-20(17)29-18)22-8-4-10-25-9-3-5-16(25)27/h13-14H,3-12H2,1-2H3,(H,22,23,24). The Morgan fingerprint density at radius 2 is 2.07 bits per heavy atom. The van der Waals surface area contributed by atoms with E-state index in [-0.39, 0.29) is 11.8 Å². The zero-order chi connectivity index (χ0) is 20.4. The quantitative estimate of drug-likeness (QED) is 0.733. The van der Waals surface area contributed by atoms with Gasteiger partial charge in [-0.1, -0.05) is 6.92 Å². The molecule has 7 nitrogen and oxygen atoms in total. The Morgan fingerprint density at radius 3 is 2.79 bits per heavy atom. The first-order valence-electron chi connectivity index (χ1n) is 10.6. The van der Waals surface area contributed by atoms with Gasteiger partial charge in [-0.25, -0.2) is 9.97 Å². The molecule has 0 aromatic carbocycles. The van der Waals surface area contributed by atoms with E-state index in [1.807, 2.05) is 16.7 Å². The van der Waals surface area contributed by atoms with E-state index in [2.05, 4.69) is 22.2 Å². The van der Waals surface area contributed by atoms with Crippen molar-refractivity contribution in [3.05, 3.63) is 16.8 Å². The SMILES string of the molecule is Cc1c(C(=O)N2CCC(C)CC2)sc2ncnc(NCCCN3CCCC3=O)c12. The summed E-state index contributed by atoms with van der Waals surface area (Å²) in [4.78, 5) is 39.2. The molecule has 0 radical (unpaired) electrons. The number of rotatable bonds is 6. The molecule has 0 bridgehead atoms. The topological polar surface area (TPSA) is 78.4 Å². The number of nitrogens with one attached hydrogen (secondary N) is 1. The summed E-state index contributed by atoms with van der Waals surface area (Å²) in [6.07, 6.45) is 6.23. The lowest BCUT2D eigenvalue weighted by Gasteiger charge is -2.30. The Kier molecular flexibility index (Phi) is 5.99. The molecule has 8 heteroatoms. The minimum absolute atomic E-state index is 0.121. The van der Waals surface area contributed by atoms with Crippen LogP contribution in [-0.4, -0.2) is 64.3 Å². The minimum atomic E-state index is 0.121. The van der Waals surface area contributed by atoms with Crippen LogP contribution in [0.25, 0.3) is 10.2 Å². The van der Waals surface area contributed by atoms with Gasteiger partial charge in [0.2, 0.25) is 5.91 Å². The van der Waals surface area contributed by atoms with Gasteiger partial charge in [0.1, 0.15) is 17.0 Å². The highest BCUT2D eigenvalue weighted by Gasteiger charge is 2.26. The molecular weight excluding hydrogens is 386 g/mol. The number of thiophene rings is 1. The fraction of sp³-hybridized carbons (Fsp3) is 0.619. The molecule has 2 aromatic rings. The molecule has 2 aromatic heterocycles. The molecule has 2 saturated heterocycles. The first-order valence-corrected chi connectivity index (χ1v) is 11.4. The predicted molar refractivity (Wildman–Crippen MR) is 115 cm³/mol. The fourth-order valence-electron chi connectivity index (χ4n) is 4.18. The molecule has 4 rings (SSSR count). The summed E-state index contributed by atoms with van der Waals surface area (Å²) in [5.41, 5.74) is 0.964. The number of aromatic nitrogens is 2. The number of fused-ring (bicyclic) bond motifs is 1. The van der Waals surface area contributed by atoms with Crippen molar-refractivity contribution in [2.45, 2.75) is 46.0 Å². The van der Waals surface area contributed by atoms with E-state index in [4.69, 9.17) is 0 Å². The van der Waals surface area contributed by atoms with Crippen molar-refractivity contribution in [2.24, 2.45) is 5.92 Å². The molecule has 2 aliphatic rings. The Bertz CT molecular complexity index is 904. The molecule has 2 fully saturated rings. The van der Waals surface area contributed by atoms with Gasteiger partial charge in [0.05, 0.1) is 10.3 Å². The molecule has 0 aliphatic carbocycles. The number of amides is 2. The van der Waals surface area contributed by atoms with Gasteiger partial charge in [0.25, 0.3) is 5.91 Å². The van der Waals surface area contributed by atoms with Crippen LogP contribution < -0.4 is 5.32 Å². The van der Waals surface area contributed by atoms with Gasteiger partial charge in [-0.15, -0.1) is 11.3 Å². The van der Waals surface area contributed by atoms with Gasteiger partial charge in [0.15, 0.2) is 0 Å². The summed E-state index contributed by atoms with van der Waals surface area (Å²) in [6, 6.07) is 0. The minimum Gasteiger partial charge on any atom is -0.369 e. The highest BCUT2D eigenvalue weighted by molar-refractivity contribution is 7.20. The van der Waals surface area contributed by atoms with Crippen LogP contribution in [0.15, 0.2) is 6.33 Å². The van der Waals surface area contributed by atoms with Crippen molar-refractivity contribution >= 4 is 39.2 Å². The van der Waals surface area contributed by atoms with E-state index in [1.54, 1.807) is 6.33 Å². The van der Waals surface area contributed by atoms with Crippen LogP contribution in [0.5, 0.6) is 0 Å². The van der Waals surface area contributed by atoms with Gasteiger partial charge in [-0.05, 0) is 44.1 Å². The van der Waals surface area contributed by atoms with E-state index < -0.39 is 0 Å². The smallest absolute Gasteiger partial charge is 0.264 e. The molecule has 2 amide bonds. The van der Waals surface area contributed by atoms with Crippen LogP contribution in [0.4, 0.5) is 5.82 Å². The Morgan fingerprint density at radius 1 is 1.28 bits per heavy atom. The first-order chi connectivity index (χ1) is 14.0. The molecule has 0 spiro atoms. The maximum Gasteiger partial charge on any atom is 0.264 e. The summed E-state index contributed by atoms with van der Waals surface area (Å²) >= 11 is 1.47. The van der Waals surface area contributed by atoms with Crippen LogP contribution in [0.1, 0.15) is 54.3 Å². The van der Waals surface area contributed by atoms with E-state index in [0.717, 1.165) is 84.9 Å². The third-order valence-electron chi connectivity index (χ3n) is 6.06. The van der Waals surface area contributed by atoms with Gasteiger partial charge >= 0.3 is 0 Å². The number of nitrogens with zero attached hydrogens (tertiary/aromatic N) is 4. The number of carbonyl (C=O) groups is 2. The molecule has 156 valence electrons. The molecule has 4 heterocycles. The molecule has 0 atom stereocenters. The van der Waals surface area contributed by atoms with Crippen molar-refractivity contribution in [3.63, 3.8) is 0 Å². The average molecular weight is 416 g/mol. The second-order valence-electron chi connectivity index (χ2n) is 8.20. The van der Waals surface area contributed by atoms with E-state index in [9.17, 15) is 9.59 Å². The maximum atomic E-state index is 13.1. The second kappa shape index (κ2) is 8.65. The molecule has 2 aliphatic heterocycles. The maximum absolute atomic E-state index is 13.1. The summed E-state index contributed by atoms with van der Waals surface area (Å²) in [5.74, 6) is 1.86. The van der Waals surface area contributed by atoms with E-state index in [0.29, 0.717) is 12.3 Å². The van der Waals surface area contributed by atoms with Gasteiger partial charge in [0, 0.05) is 39.1 Å². The first kappa shape index (κ1) is 20.1. The number of aryl methyl sites for hydroxylation is 1. The largest absolute Gasteiger partial charge is 0.369 e. The van der Waals surface area contributed by atoms with Crippen LogP contribution in [0.2, 0.25) is 0 Å². The fourth-order valence-corrected chi connectivity index (χ4v) is 5.30. The van der Waals surface area contributed by atoms with Crippen molar-refractivity contribution in [3.8, 4) is 0 Å². The lowest BCUT2D eigenvalue weighted by molar-refractivity contribution is -0.127.